The molecule has 1 unspecified atom stereocenters. The van der Waals surface area contributed by atoms with E-state index in [1.54, 1.807) is 11.0 Å². The van der Waals surface area contributed by atoms with Gasteiger partial charge in [-0.2, -0.15) is 0 Å². The van der Waals surface area contributed by atoms with E-state index in [2.05, 4.69) is 16.9 Å². The normalized spacial score (nSPS) is 18.2. The number of nitrogens with zero attached hydrogens (tertiary/aromatic N) is 2. The summed E-state index contributed by atoms with van der Waals surface area (Å²) in [6.07, 6.45) is 2.51. The van der Waals surface area contributed by atoms with Gasteiger partial charge in [-0.05, 0) is 13.0 Å². The third-order valence-electron chi connectivity index (χ3n) is 2.98. The monoisotopic (exact) mass is 261 g/mol. The first-order valence-corrected chi connectivity index (χ1v) is 6.43. The molecule has 0 bridgehead atoms. The average Bonchev–Trinajstić information content (AvgIpc) is 2.84. The molecule has 1 aromatic heterocycles. The Kier molecular flexibility index (Phi) is 4.39. The number of hydrogen-bond acceptors (Lipinski definition) is 3. The predicted molar refractivity (Wildman–Crippen MR) is 73.2 cm³/mol. The van der Waals surface area contributed by atoms with Gasteiger partial charge in [-0.25, -0.2) is 9.78 Å². The van der Waals surface area contributed by atoms with Crippen LogP contribution in [0, 0.1) is 6.92 Å². The largest absolute Gasteiger partial charge is 0.472 e. The topological polar surface area (TPSA) is 54.5 Å². The van der Waals surface area contributed by atoms with Crippen molar-refractivity contribution in [3.63, 3.8) is 0 Å². The number of carbonyl (C=O) groups is 1. The summed E-state index contributed by atoms with van der Waals surface area (Å²) >= 11 is 0. The lowest BCUT2D eigenvalue weighted by molar-refractivity contribution is 0.183. The molecule has 2 rings (SSSR count). The molecule has 0 spiro atoms. The van der Waals surface area contributed by atoms with Crippen LogP contribution in [-0.2, 0) is 0 Å². The smallest absolute Gasteiger partial charge is 0.317 e. The highest BCUT2D eigenvalue weighted by atomic mass is 16.5. The van der Waals surface area contributed by atoms with E-state index in [1.165, 1.54) is 0 Å². The summed E-state index contributed by atoms with van der Waals surface area (Å²) in [6.45, 7) is 7.29. The van der Waals surface area contributed by atoms with Crippen molar-refractivity contribution >= 4 is 6.03 Å². The molecular formula is C14H19N3O2. The molecule has 1 aromatic rings. The highest BCUT2D eigenvalue weighted by Gasteiger charge is 2.27. The number of ether oxygens (including phenoxy) is 1. The highest BCUT2D eigenvalue weighted by Crippen LogP contribution is 2.16. The van der Waals surface area contributed by atoms with Gasteiger partial charge in [0.1, 0.15) is 6.10 Å². The molecule has 0 radical (unpaired) electrons. The van der Waals surface area contributed by atoms with Gasteiger partial charge in [-0.15, -0.1) is 6.58 Å². The van der Waals surface area contributed by atoms with Crippen LogP contribution in [0.2, 0.25) is 0 Å². The molecule has 1 aliphatic rings. The second kappa shape index (κ2) is 6.22. The van der Waals surface area contributed by atoms with Crippen molar-refractivity contribution in [1.82, 2.24) is 15.2 Å². The molecule has 1 saturated heterocycles. The van der Waals surface area contributed by atoms with Crippen LogP contribution in [-0.4, -0.2) is 41.7 Å². The summed E-state index contributed by atoms with van der Waals surface area (Å²) in [5.41, 5.74) is 0.927. The van der Waals surface area contributed by atoms with E-state index in [9.17, 15) is 4.79 Å². The van der Waals surface area contributed by atoms with Crippen LogP contribution in [0.15, 0.2) is 30.9 Å². The van der Waals surface area contributed by atoms with Gasteiger partial charge < -0.3 is 15.0 Å². The van der Waals surface area contributed by atoms with Crippen LogP contribution in [0.3, 0.4) is 0 Å². The summed E-state index contributed by atoms with van der Waals surface area (Å²) in [5.74, 6) is 0.623. The first kappa shape index (κ1) is 13.4. The third-order valence-corrected chi connectivity index (χ3v) is 2.98. The number of pyridine rings is 1. The minimum Gasteiger partial charge on any atom is -0.472 e. The fourth-order valence-corrected chi connectivity index (χ4v) is 2.03. The number of amides is 2. The van der Waals surface area contributed by atoms with E-state index in [0.717, 1.165) is 12.1 Å². The average molecular weight is 261 g/mol. The summed E-state index contributed by atoms with van der Waals surface area (Å²) in [4.78, 5) is 17.8. The van der Waals surface area contributed by atoms with E-state index in [0.29, 0.717) is 25.5 Å². The van der Waals surface area contributed by atoms with Crippen molar-refractivity contribution in [2.45, 2.75) is 19.4 Å². The van der Waals surface area contributed by atoms with Gasteiger partial charge in [-0.1, -0.05) is 12.1 Å². The fourth-order valence-electron chi connectivity index (χ4n) is 2.03. The molecule has 5 nitrogen and oxygen atoms in total. The zero-order valence-electron chi connectivity index (χ0n) is 11.1. The summed E-state index contributed by atoms with van der Waals surface area (Å²) in [5, 5.41) is 2.77. The highest BCUT2D eigenvalue weighted by molar-refractivity contribution is 5.74. The molecule has 0 aliphatic carbocycles. The molecule has 0 aromatic carbocycles. The van der Waals surface area contributed by atoms with E-state index in [1.807, 2.05) is 25.1 Å². The maximum absolute atomic E-state index is 11.8. The molecule has 1 N–H and O–H groups in total. The van der Waals surface area contributed by atoms with Crippen molar-refractivity contribution < 1.29 is 9.53 Å². The number of rotatable bonds is 4. The molecule has 102 valence electrons. The quantitative estimate of drug-likeness (QED) is 0.840. The number of nitrogens with one attached hydrogen (secondary N) is 1. The van der Waals surface area contributed by atoms with Crippen molar-refractivity contribution in [2.24, 2.45) is 0 Å². The Balaban J connectivity index is 1.85. The first-order valence-electron chi connectivity index (χ1n) is 6.43. The van der Waals surface area contributed by atoms with Crippen LogP contribution in [0.1, 0.15) is 12.1 Å². The van der Waals surface area contributed by atoms with E-state index < -0.39 is 0 Å². The number of aryl methyl sites for hydroxylation is 1. The SMILES string of the molecule is C=CCNC(=O)N1CCC(Oc2cccc(C)n2)C1. The lowest BCUT2D eigenvalue weighted by Crippen LogP contribution is -2.39. The second-order valence-corrected chi connectivity index (χ2v) is 4.57. The number of hydrogen-bond donors (Lipinski definition) is 1. The predicted octanol–water partition coefficient (Wildman–Crippen LogP) is 1.74. The maximum atomic E-state index is 11.8. The lowest BCUT2D eigenvalue weighted by Gasteiger charge is -2.17. The molecule has 1 fully saturated rings. The molecule has 2 amide bonds. The van der Waals surface area contributed by atoms with E-state index in [-0.39, 0.29) is 12.1 Å². The summed E-state index contributed by atoms with van der Waals surface area (Å²) in [6, 6.07) is 5.62. The summed E-state index contributed by atoms with van der Waals surface area (Å²) < 4.78 is 5.79. The Bertz CT molecular complexity index is 462. The Morgan fingerprint density at radius 1 is 1.68 bits per heavy atom. The Morgan fingerprint density at radius 3 is 3.26 bits per heavy atom. The van der Waals surface area contributed by atoms with Crippen molar-refractivity contribution in [3.05, 3.63) is 36.5 Å². The van der Waals surface area contributed by atoms with Crippen LogP contribution >= 0.6 is 0 Å². The molecule has 5 heteroatoms. The van der Waals surface area contributed by atoms with Gasteiger partial charge in [-0.3, -0.25) is 0 Å². The lowest BCUT2D eigenvalue weighted by atomic mass is 10.3. The zero-order chi connectivity index (χ0) is 13.7. The van der Waals surface area contributed by atoms with Gasteiger partial charge in [0.15, 0.2) is 0 Å². The molecule has 1 aliphatic heterocycles. The molecule has 1 atom stereocenters. The maximum Gasteiger partial charge on any atom is 0.317 e. The van der Waals surface area contributed by atoms with Crippen LogP contribution < -0.4 is 10.1 Å². The first-order chi connectivity index (χ1) is 9.19. The van der Waals surface area contributed by atoms with Crippen LogP contribution in [0.5, 0.6) is 5.88 Å². The number of aromatic nitrogens is 1. The van der Waals surface area contributed by atoms with Crippen LogP contribution in [0.4, 0.5) is 4.79 Å². The molecule has 19 heavy (non-hydrogen) atoms. The van der Waals surface area contributed by atoms with Gasteiger partial charge >= 0.3 is 6.03 Å². The Morgan fingerprint density at radius 2 is 2.53 bits per heavy atom. The minimum absolute atomic E-state index is 0.0174. The Hall–Kier alpha value is -2.04. The number of likely N-dealkylation sites (tertiary alicyclic amines) is 1. The van der Waals surface area contributed by atoms with Crippen molar-refractivity contribution in [1.29, 1.82) is 0 Å². The van der Waals surface area contributed by atoms with Gasteiger partial charge in [0, 0.05) is 31.3 Å². The van der Waals surface area contributed by atoms with Crippen LogP contribution in [0.25, 0.3) is 0 Å². The fraction of sp³-hybridized carbons (Fsp3) is 0.429. The number of carbonyl (C=O) groups excluding carboxylic acids is 1. The Labute approximate surface area is 113 Å². The van der Waals surface area contributed by atoms with E-state index in [4.69, 9.17) is 4.74 Å². The molecule has 2 heterocycles. The molecular weight excluding hydrogens is 242 g/mol. The molecule has 0 saturated carbocycles. The van der Waals surface area contributed by atoms with Crippen molar-refractivity contribution in [3.8, 4) is 5.88 Å². The second-order valence-electron chi connectivity index (χ2n) is 4.57. The number of urea groups is 1. The standard InChI is InChI=1S/C14H19N3O2/c1-3-8-15-14(18)17-9-7-12(10-17)19-13-6-4-5-11(2)16-13/h3-6,12H,1,7-10H2,2H3,(H,15,18). The van der Waals surface area contributed by atoms with Gasteiger partial charge in [0.25, 0.3) is 0 Å². The van der Waals surface area contributed by atoms with Gasteiger partial charge in [0.2, 0.25) is 5.88 Å². The van der Waals surface area contributed by atoms with E-state index >= 15 is 0 Å². The van der Waals surface area contributed by atoms with Crippen molar-refractivity contribution in [2.75, 3.05) is 19.6 Å². The third kappa shape index (κ3) is 3.71. The minimum atomic E-state index is -0.0665. The summed E-state index contributed by atoms with van der Waals surface area (Å²) in [7, 11) is 0. The van der Waals surface area contributed by atoms with Gasteiger partial charge in [0.05, 0.1) is 6.54 Å². The zero-order valence-corrected chi connectivity index (χ0v) is 11.1.